The standard InChI is InChI=1S/C10H20N2/c1-12-7-6-11-8-10(12)9-4-2-3-5-9/h9-11H,2-8H2,1H3. The van der Waals surface area contributed by atoms with E-state index in [4.69, 9.17) is 0 Å². The van der Waals surface area contributed by atoms with Gasteiger partial charge in [-0.1, -0.05) is 12.8 Å². The van der Waals surface area contributed by atoms with Crippen LogP contribution in [0.3, 0.4) is 0 Å². The Morgan fingerprint density at radius 3 is 2.67 bits per heavy atom. The first kappa shape index (κ1) is 8.52. The van der Waals surface area contributed by atoms with Gasteiger partial charge in [-0.05, 0) is 25.8 Å². The molecule has 0 bridgehead atoms. The van der Waals surface area contributed by atoms with Crippen LogP contribution in [-0.4, -0.2) is 37.6 Å². The van der Waals surface area contributed by atoms with Crippen molar-refractivity contribution in [3.8, 4) is 0 Å². The van der Waals surface area contributed by atoms with Crippen LogP contribution in [0.1, 0.15) is 25.7 Å². The van der Waals surface area contributed by atoms with E-state index in [1.807, 2.05) is 0 Å². The average Bonchev–Trinajstić information content (AvgIpc) is 2.57. The van der Waals surface area contributed by atoms with Gasteiger partial charge in [0, 0.05) is 25.7 Å². The molecule has 0 aromatic carbocycles. The number of likely N-dealkylation sites (N-methyl/N-ethyl adjacent to an activating group) is 1. The average molecular weight is 168 g/mol. The Labute approximate surface area is 75.3 Å². The highest BCUT2D eigenvalue weighted by Gasteiger charge is 2.29. The van der Waals surface area contributed by atoms with Gasteiger partial charge < -0.3 is 10.2 Å². The fourth-order valence-electron chi connectivity index (χ4n) is 2.70. The molecule has 2 nitrogen and oxygen atoms in total. The van der Waals surface area contributed by atoms with Crippen molar-refractivity contribution in [3.05, 3.63) is 0 Å². The van der Waals surface area contributed by atoms with Crippen molar-refractivity contribution in [2.75, 3.05) is 26.7 Å². The third kappa shape index (κ3) is 1.64. The first-order valence-electron chi connectivity index (χ1n) is 5.29. The minimum absolute atomic E-state index is 0.834. The zero-order chi connectivity index (χ0) is 8.39. The van der Waals surface area contributed by atoms with E-state index in [0.29, 0.717) is 0 Å². The molecule has 1 N–H and O–H groups in total. The maximum Gasteiger partial charge on any atom is 0.0246 e. The molecule has 1 heterocycles. The van der Waals surface area contributed by atoms with Crippen LogP contribution in [0.15, 0.2) is 0 Å². The van der Waals surface area contributed by atoms with E-state index in [9.17, 15) is 0 Å². The summed E-state index contributed by atoms with van der Waals surface area (Å²) in [7, 11) is 2.28. The number of rotatable bonds is 1. The zero-order valence-corrected chi connectivity index (χ0v) is 8.05. The van der Waals surface area contributed by atoms with Crippen molar-refractivity contribution in [3.63, 3.8) is 0 Å². The summed E-state index contributed by atoms with van der Waals surface area (Å²) in [5.41, 5.74) is 0. The Hall–Kier alpha value is -0.0800. The molecule has 0 aromatic rings. The fourth-order valence-corrected chi connectivity index (χ4v) is 2.70. The van der Waals surface area contributed by atoms with Crippen molar-refractivity contribution < 1.29 is 0 Å². The molecular weight excluding hydrogens is 148 g/mol. The van der Waals surface area contributed by atoms with Crippen LogP contribution in [0, 0.1) is 5.92 Å². The van der Waals surface area contributed by atoms with Crippen molar-refractivity contribution >= 4 is 0 Å². The fraction of sp³-hybridized carbons (Fsp3) is 1.00. The van der Waals surface area contributed by atoms with Crippen LogP contribution in [-0.2, 0) is 0 Å². The second-order valence-electron chi connectivity index (χ2n) is 4.30. The molecule has 1 saturated heterocycles. The van der Waals surface area contributed by atoms with Crippen LogP contribution >= 0.6 is 0 Å². The molecule has 2 heteroatoms. The van der Waals surface area contributed by atoms with Gasteiger partial charge in [0.15, 0.2) is 0 Å². The highest BCUT2D eigenvalue weighted by Crippen LogP contribution is 2.30. The lowest BCUT2D eigenvalue weighted by molar-refractivity contribution is 0.144. The van der Waals surface area contributed by atoms with Gasteiger partial charge in [0.05, 0.1) is 0 Å². The molecule has 1 saturated carbocycles. The monoisotopic (exact) mass is 168 g/mol. The van der Waals surface area contributed by atoms with Crippen LogP contribution < -0.4 is 5.32 Å². The van der Waals surface area contributed by atoms with Crippen LogP contribution in [0.4, 0.5) is 0 Å². The van der Waals surface area contributed by atoms with Gasteiger partial charge in [-0.3, -0.25) is 0 Å². The lowest BCUT2D eigenvalue weighted by Gasteiger charge is -2.37. The summed E-state index contributed by atoms with van der Waals surface area (Å²) in [6.07, 6.45) is 5.87. The smallest absolute Gasteiger partial charge is 0.0246 e. The van der Waals surface area contributed by atoms with E-state index in [-0.39, 0.29) is 0 Å². The summed E-state index contributed by atoms with van der Waals surface area (Å²) in [4.78, 5) is 2.55. The molecule has 0 amide bonds. The molecule has 1 unspecified atom stereocenters. The second kappa shape index (κ2) is 3.75. The lowest BCUT2D eigenvalue weighted by atomic mass is 9.95. The van der Waals surface area contributed by atoms with Gasteiger partial charge >= 0.3 is 0 Å². The molecule has 1 aliphatic heterocycles. The number of hydrogen-bond donors (Lipinski definition) is 1. The Morgan fingerprint density at radius 1 is 1.25 bits per heavy atom. The first-order valence-corrected chi connectivity index (χ1v) is 5.29. The van der Waals surface area contributed by atoms with Crippen LogP contribution in [0.25, 0.3) is 0 Å². The van der Waals surface area contributed by atoms with E-state index < -0.39 is 0 Å². The summed E-state index contributed by atoms with van der Waals surface area (Å²) in [5.74, 6) is 0.989. The summed E-state index contributed by atoms with van der Waals surface area (Å²) in [6, 6.07) is 0.834. The topological polar surface area (TPSA) is 15.3 Å². The Balaban J connectivity index is 1.91. The van der Waals surface area contributed by atoms with Gasteiger partial charge in [-0.2, -0.15) is 0 Å². The Kier molecular flexibility index (Phi) is 2.66. The highest BCUT2D eigenvalue weighted by molar-refractivity contribution is 4.86. The number of nitrogens with one attached hydrogen (secondary N) is 1. The number of hydrogen-bond acceptors (Lipinski definition) is 2. The molecule has 2 rings (SSSR count). The van der Waals surface area contributed by atoms with E-state index in [1.54, 1.807) is 0 Å². The second-order valence-corrected chi connectivity index (χ2v) is 4.30. The molecule has 0 spiro atoms. The summed E-state index contributed by atoms with van der Waals surface area (Å²) < 4.78 is 0. The predicted octanol–water partition coefficient (Wildman–Crippen LogP) is 1.08. The molecular formula is C10H20N2. The van der Waals surface area contributed by atoms with E-state index in [1.165, 1.54) is 45.3 Å². The van der Waals surface area contributed by atoms with Crippen molar-refractivity contribution in [1.29, 1.82) is 0 Å². The largest absolute Gasteiger partial charge is 0.314 e. The van der Waals surface area contributed by atoms with Crippen molar-refractivity contribution in [2.45, 2.75) is 31.7 Å². The molecule has 0 radical (unpaired) electrons. The van der Waals surface area contributed by atoms with Crippen LogP contribution in [0.2, 0.25) is 0 Å². The quantitative estimate of drug-likeness (QED) is 0.630. The Bertz CT molecular complexity index is 141. The highest BCUT2D eigenvalue weighted by atomic mass is 15.2. The summed E-state index contributed by atoms with van der Waals surface area (Å²) in [5, 5.41) is 3.50. The van der Waals surface area contributed by atoms with Gasteiger partial charge in [0.25, 0.3) is 0 Å². The Morgan fingerprint density at radius 2 is 2.00 bits per heavy atom. The van der Waals surface area contributed by atoms with E-state index >= 15 is 0 Å². The van der Waals surface area contributed by atoms with Crippen molar-refractivity contribution in [1.82, 2.24) is 10.2 Å². The van der Waals surface area contributed by atoms with Crippen LogP contribution in [0.5, 0.6) is 0 Å². The first-order chi connectivity index (χ1) is 5.88. The maximum atomic E-state index is 3.50. The number of piperazine rings is 1. The predicted molar refractivity (Wildman–Crippen MR) is 51.2 cm³/mol. The maximum absolute atomic E-state index is 3.50. The molecule has 0 aromatic heterocycles. The van der Waals surface area contributed by atoms with Gasteiger partial charge in [0.1, 0.15) is 0 Å². The molecule has 2 fully saturated rings. The van der Waals surface area contributed by atoms with Crippen molar-refractivity contribution in [2.24, 2.45) is 5.92 Å². The normalized spacial score (nSPS) is 34.2. The molecule has 70 valence electrons. The lowest BCUT2D eigenvalue weighted by Crippen LogP contribution is -2.52. The minimum Gasteiger partial charge on any atom is -0.314 e. The zero-order valence-electron chi connectivity index (χ0n) is 8.05. The SMILES string of the molecule is CN1CCNCC1C1CCCC1. The summed E-state index contributed by atoms with van der Waals surface area (Å²) >= 11 is 0. The van der Waals surface area contributed by atoms with E-state index in [2.05, 4.69) is 17.3 Å². The third-order valence-electron chi connectivity index (χ3n) is 3.50. The minimum atomic E-state index is 0.834. The molecule has 12 heavy (non-hydrogen) atoms. The van der Waals surface area contributed by atoms with Gasteiger partial charge in [-0.15, -0.1) is 0 Å². The molecule has 1 atom stereocenters. The molecule has 2 aliphatic rings. The molecule has 1 aliphatic carbocycles. The van der Waals surface area contributed by atoms with Gasteiger partial charge in [0.2, 0.25) is 0 Å². The van der Waals surface area contributed by atoms with Gasteiger partial charge in [-0.25, -0.2) is 0 Å². The summed E-state index contributed by atoms with van der Waals surface area (Å²) in [6.45, 7) is 3.64. The van der Waals surface area contributed by atoms with E-state index in [0.717, 1.165) is 12.0 Å². The number of nitrogens with zero attached hydrogens (tertiary/aromatic N) is 1. The third-order valence-corrected chi connectivity index (χ3v) is 3.50.